The minimum absolute atomic E-state index is 0.0241. The summed E-state index contributed by atoms with van der Waals surface area (Å²) in [5.74, 6) is -0.530. The number of phenols is 1. The van der Waals surface area contributed by atoms with Crippen LogP contribution >= 0.6 is 0 Å². The molecule has 2 aromatic heterocycles. The highest BCUT2D eigenvalue weighted by molar-refractivity contribution is 5.69. The number of aromatic nitrogens is 4. The zero-order valence-corrected chi connectivity index (χ0v) is 19.5. The van der Waals surface area contributed by atoms with Gasteiger partial charge in [-0.05, 0) is 6.92 Å². The van der Waals surface area contributed by atoms with Gasteiger partial charge in [0, 0.05) is 63.1 Å². The second-order valence-electron chi connectivity index (χ2n) is 8.42. The largest absolute Gasteiger partial charge is 0.507 e. The molecule has 11 nitrogen and oxygen atoms in total. The number of aliphatic carboxylic acids is 2. The number of carboxylic acid groups (broad SMARTS) is 2. The van der Waals surface area contributed by atoms with Crippen molar-refractivity contribution in [3.63, 3.8) is 0 Å². The molecule has 0 fully saturated rings. The van der Waals surface area contributed by atoms with Crippen LogP contribution in [0, 0.1) is 6.92 Å². The molecule has 11 heteroatoms. The Morgan fingerprint density at radius 3 is 1.56 bits per heavy atom. The Morgan fingerprint density at radius 2 is 1.24 bits per heavy atom. The number of benzene rings is 1. The summed E-state index contributed by atoms with van der Waals surface area (Å²) in [6, 6.07) is 3.62. The van der Waals surface area contributed by atoms with Crippen LogP contribution in [0.5, 0.6) is 5.75 Å². The van der Waals surface area contributed by atoms with Crippen molar-refractivity contribution in [1.29, 1.82) is 0 Å². The van der Waals surface area contributed by atoms with Crippen molar-refractivity contribution in [3.8, 4) is 5.75 Å². The Kier molecular flexibility index (Phi) is 8.03. The van der Waals surface area contributed by atoms with E-state index in [1.165, 1.54) is 0 Å². The molecule has 0 aliphatic carbocycles. The summed E-state index contributed by atoms with van der Waals surface area (Å²) in [7, 11) is 3.67. The minimum Gasteiger partial charge on any atom is -0.507 e. The third kappa shape index (κ3) is 6.65. The summed E-state index contributed by atoms with van der Waals surface area (Å²) in [5, 5.41) is 29.8. The van der Waals surface area contributed by atoms with Crippen LogP contribution in [0.2, 0.25) is 0 Å². The van der Waals surface area contributed by atoms with E-state index in [-0.39, 0.29) is 31.9 Å². The number of nitrogens with zero attached hydrogens (tertiary/aromatic N) is 6. The highest BCUT2D eigenvalue weighted by Gasteiger charge is 2.20. The van der Waals surface area contributed by atoms with Gasteiger partial charge in [0.25, 0.3) is 0 Å². The molecule has 3 N–H and O–H groups in total. The van der Waals surface area contributed by atoms with Gasteiger partial charge in [-0.15, -0.1) is 0 Å². The maximum Gasteiger partial charge on any atom is 0.317 e. The van der Waals surface area contributed by atoms with E-state index in [1.807, 2.05) is 42.3 Å². The smallest absolute Gasteiger partial charge is 0.317 e. The number of hydrogen-bond acceptors (Lipinski definition) is 7. The number of rotatable bonds is 12. The first-order chi connectivity index (χ1) is 16.1. The summed E-state index contributed by atoms with van der Waals surface area (Å²) in [5.41, 5.74) is 2.01. The maximum absolute atomic E-state index is 11.5. The van der Waals surface area contributed by atoms with Gasteiger partial charge in [-0.3, -0.25) is 19.4 Å². The number of aryl methyl sites for hydroxylation is 3. The number of hydrogen-bond donors (Lipinski definition) is 3. The normalized spacial score (nSPS) is 11.4. The number of aromatic hydroxyl groups is 1. The van der Waals surface area contributed by atoms with E-state index in [2.05, 4.69) is 9.97 Å². The summed E-state index contributed by atoms with van der Waals surface area (Å²) in [6.07, 6.45) is 6.87. The molecule has 0 atom stereocenters. The molecule has 0 unspecified atom stereocenters. The van der Waals surface area contributed by atoms with E-state index < -0.39 is 11.9 Å². The monoisotopic (exact) mass is 470 g/mol. The number of phenolic OH excluding ortho intramolecular Hbond substituents is 1. The maximum atomic E-state index is 11.5. The summed E-state index contributed by atoms with van der Waals surface area (Å²) in [4.78, 5) is 34.8. The molecule has 0 saturated heterocycles. The topological polar surface area (TPSA) is 137 Å². The fraction of sp³-hybridized carbons (Fsp3) is 0.391. The zero-order chi connectivity index (χ0) is 24.8. The fourth-order valence-electron chi connectivity index (χ4n) is 3.87. The molecule has 2 heterocycles. The van der Waals surface area contributed by atoms with Crippen LogP contribution in [0.15, 0.2) is 36.9 Å². The highest BCUT2D eigenvalue weighted by atomic mass is 16.4. The van der Waals surface area contributed by atoms with Gasteiger partial charge in [0.15, 0.2) is 0 Å². The quantitative estimate of drug-likeness (QED) is 0.358. The molecule has 0 aliphatic rings. The first-order valence-electron chi connectivity index (χ1n) is 10.7. The van der Waals surface area contributed by atoms with Gasteiger partial charge in [-0.1, -0.05) is 17.7 Å². The van der Waals surface area contributed by atoms with Crippen molar-refractivity contribution in [3.05, 3.63) is 65.3 Å². The highest BCUT2D eigenvalue weighted by Crippen LogP contribution is 2.28. The lowest BCUT2D eigenvalue weighted by atomic mass is 10.0. The Bertz CT molecular complexity index is 1070. The summed E-state index contributed by atoms with van der Waals surface area (Å²) in [6.45, 7) is 2.41. The average molecular weight is 471 g/mol. The lowest BCUT2D eigenvalue weighted by molar-refractivity contribution is -0.139. The van der Waals surface area contributed by atoms with Crippen LogP contribution in [-0.2, 0) is 49.9 Å². The Balaban J connectivity index is 1.85. The molecule has 3 aromatic rings. The number of carbonyl (C=O) groups is 2. The lowest BCUT2D eigenvalue weighted by Crippen LogP contribution is -2.31. The predicted octanol–water partition coefficient (Wildman–Crippen LogP) is 1.34. The SMILES string of the molecule is Cc1cc(CN(CC(=O)O)Cc2nccn2C)c(O)c(CN(CC(=O)O)Cc2nccn2C)c1. The first kappa shape index (κ1) is 24.9. The third-order valence-electron chi connectivity index (χ3n) is 5.49. The predicted molar refractivity (Wildman–Crippen MR) is 123 cm³/mol. The van der Waals surface area contributed by atoms with Gasteiger partial charge < -0.3 is 24.5 Å². The number of carboxylic acids is 2. The Hall–Kier alpha value is -3.70. The Morgan fingerprint density at radius 1 is 0.824 bits per heavy atom. The van der Waals surface area contributed by atoms with Crippen LogP contribution < -0.4 is 0 Å². The molecule has 34 heavy (non-hydrogen) atoms. The molecular formula is C23H30N6O5. The van der Waals surface area contributed by atoms with Crippen LogP contribution in [0.25, 0.3) is 0 Å². The molecule has 0 radical (unpaired) electrons. The average Bonchev–Trinajstić information content (AvgIpc) is 3.32. The fourth-order valence-corrected chi connectivity index (χ4v) is 3.87. The third-order valence-corrected chi connectivity index (χ3v) is 5.49. The van der Waals surface area contributed by atoms with Crippen molar-refractivity contribution in [2.45, 2.75) is 33.1 Å². The van der Waals surface area contributed by atoms with Gasteiger partial charge >= 0.3 is 11.9 Å². The lowest BCUT2D eigenvalue weighted by Gasteiger charge is -2.24. The van der Waals surface area contributed by atoms with E-state index in [0.717, 1.165) is 5.56 Å². The summed E-state index contributed by atoms with van der Waals surface area (Å²) < 4.78 is 3.63. The Labute approximate surface area is 197 Å². The van der Waals surface area contributed by atoms with E-state index in [4.69, 9.17) is 0 Å². The van der Waals surface area contributed by atoms with Crippen LogP contribution in [0.1, 0.15) is 28.3 Å². The molecule has 0 bridgehead atoms. The second kappa shape index (κ2) is 10.9. The molecule has 0 amide bonds. The van der Waals surface area contributed by atoms with Crippen molar-refractivity contribution in [1.82, 2.24) is 28.9 Å². The first-order valence-corrected chi connectivity index (χ1v) is 10.7. The molecule has 182 valence electrons. The van der Waals surface area contributed by atoms with Crippen LogP contribution in [-0.4, -0.2) is 69.2 Å². The van der Waals surface area contributed by atoms with Gasteiger partial charge in [0.2, 0.25) is 0 Å². The molecule has 0 aliphatic heterocycles. The number of imidazole rings is 2. The van der Waals surface area contributed by atoms with E-state index in [9.17, 15) is 24.9 Å². The minimum atomic E-state index is -0.982. The van der Waals surface area contributed by atoms with Crippen molar-refractivity contribution in [2.75, 3.05) is 13.1 Å². The summed E-state index contributed by atoms with van der Waals surface area (Å²) >= 11 is 0. The molecule has 0 saturated carbocycles. The van der Waals surface area contributed by atoms with Gasteiger partial charge in [-0.2, -0.15) is 0 Å². The van der Waals surface area contributed by atoms with E-state index in [1.54, 1.807) is 34.6 Å². The van der Waals surface area contributed by atoms with Gasteiger partial charge in [0.1, 0.15) is 17.4 Å². The van der Waals surface area contributed by atoms with Crippen molar-refractivity contribution < 1.29 is 24.9 Å². The zero-order valence-electron chi connectivity index (χ0n) is 19.5. The standard InChI is InChI=1S/C23H30N6O5/c1-16-8-17(10-28(14-21(30)31)12-19-24-4-6-26(19)2)23(34)18(9-16)11-29(15-22(32)33)13-20-25-5-7-27(20)3/h4-9,34H,10-15H2,1-3H3,(H,30,31)(H,32,33). The molecular weight excluding hydrogens is 440 g/mol. The molecule has 0 spiro atoms. The van der Waals surface area contributed by atoms with Crippen molar-refractivity contribution in [2.24, 2.45) is 14.1 Å². The van der Waals surface area contributed by atoms with E-state index >= 15 is 0 Å². The molecule has 1 aromatic carbocycles. The van der Waals surface area contributed by atoms with Crippen LogP contribution in [0.3, 0.4) is 0 Å². The van der Waals surface area contributed by atoms with E-state index in [0.29, 0.717) is 35.9 Å². The van der Waals surface area contributed by atoms with Gasteiger partial charge in [-0.25, -0.2) is 9.97 Å². The van der Waals surface area contributed by atoms with Crippen LogP contribution in [0.4, 0.5) is 0 Å². The van der Waals surface area contributed by atoms with Gasteiger partial charge in [0.05, 0.1) is 26.2 Å². The second-order valence-corrected chi connectivity index (χ2v) is 8.42. The van der Waals surface area contributed by atoms with Crippen molar-refractivity contribution >= 4 is 11.9 Å². The molecule has 3 rings (SSSR count).